The van der Waals surface area contributed by atoms with Gasteiger partial charge >= 0.3 is 11.9 Å². The van der Waals surface area contributed by atoms with Crippen LogP contribution in [0.1, 0.15) is 28.1 Å². The van der Waals surface area contributed by atoms with Gasteiger partial charge in [-0.3, -0.25) is 0 Å². The molecule has 202 valence electrons. The summed E-state index contributed by atoms with van der Waals surface area (Å²) in [6.45, 7) is 6.45. The largest absolute Gasteiger partial charge is 0.465 e. The molecule has 0 aromatic heterocycles. The van der Waals surface area contributed by atoms with E-state index in [0.29, 0.717) is 13.1 Å². The summed E-state index contributed by atoms with van der Waals surface area (Å²) in [4.78, 5) is 24.2. The Labute approximate surface area is 211 Å². The maximum Gasteiger partial charge on any atom is 0.340 e. The number of likely N-dealkylation sites (N-methyl/N-ethyl adjacent to an activating group) is 2. The fourth-order valence-corrected chi connectivity index (χ4v) is 2.38. The molecule has 0 atom stereocenters. The fraction of sp³-hybridized carbons (Fsp3) is 0.400. The number of para-hydroxylation sites is 1. The molecule has 0 aliphatic rings. The van der Waals surface area contributed by atoms with Gasteiger partial charge in [0.05, 0.1) is 37.6 Å². The van der Waals surface area contributed by atoms with Gasteiger partial charge in [0.2, 0.25) is 0 Å². The molecule has 0 aliphatic carbocycles. The van der Waals surface area contributed by atoms with Crippen LogP contribution in [0, 0.1) is 17.5 Å². The second-order valence-corrected chi connectivity index (χ2v) is 7.35. The smallest absolute Gasteiger partial charge is 0.340 e. The average molecular weight is 516 g/mol. The van der Waals surface area contributed by atoms with Crippen LogP contribution >= 0.6 is 0 Å². The van der Waals surface area contributed by atoms with Gasteiger partial charge in [-0.25, -0.2) is 27.3 Å². The number of carbonyl (C=O) groups excluding carboxylic acids is 2. The highest BCUT2D eigenvalue weighted by Crippen LogP contribution is 2.20. The summed E-state index contributed by atoms with van der Waals surface area (Å²) in [5.74, 6) is -4.11. The van der Waals surface area contributed by atoms with Crippen molar-refractivity contribution in [2.45, 2.75) is 7.43 Å². The number of benzene rings is 2. The maximum atomic E-state index is 13.6. The van der Waals surface area contributed by atoms with Crippen LogP contribution in [-0.4, -0.2) is 89.7 Å². The minimum atomic E-state index is -1.18. The Morgan fingerprint density at radius 2 is 1.50 bits per heavy atom. The molecule has 36 heavy (non-hydrogen) atoms. The quantitative estimate of drug-likeness (QED) is 0.317. The molecule has 0 radical (unpaired) electrons. The molecule has 2 aromatic rings. The molecular weight excluding hydrogens is 477 g/mol. The highest BCUT2D eigenvalue weighted by atomic mass is 19.2. The molecule has 11 heteroatoms. The van der Waals surface area contributed by atoms with Crippen molar-refractivity contribution in [1.29, 1.82) is 0 Å². The van der Waals surface area contributed by atoms with E-state index < -0.39 is 35.0 Å². The van der Waals surface area contributed by atoms with E-state index in [4.69, 9.17) is 5.73 Å². The van der Waals surface area contributed by atoms with Gasteiger partial charge in [-0.05, 0) is 38.4 Å². The number of methoxy groups -OCH3 is 2. The van der Waals surface area contributed by atoms with Crippen molar-refractivity contribution < 1.29 is 36.8 Å². The molecule has 0 heterocycles. The predicted molar refractivity (Wildman–Crippen MR) is 136 cm³/mol. The van der Waals surface area contributed by atoms with Crippen LogP contribution in [0.4, 0.5) is 18.9 Å². The van der Waals surface area contributed by atoms with Crippen molar-refractivity contribution in [3.05, 3.63) is 65.0 Å². The summed E-state index contributed by atoms with van der Waals surface area (Å²) in [6.07, 6.45) is 0. The molecule has 0 saturated heterocycles. The topological polar surface area (TPSA) is 96.9 Å². The van der Waals surface area contributed by atoms with Crippen molar-refractivity contribution in [1.82, 2.24) is 4.90 Å². The van der Waals surface area contributed by atoms with E-state index in [1.807, 2.05) is 26.0 Å². The monoisotopic (exact) mass is 515 g/mol. The number of hydrogen-bond donors (Lipinski definition) is 2. The molecule has 2 rings (SSSR count). The first-order chi connectivity index (χ1) is 16.5. The highest BCUT2D eigenvalue weighted by Gasteiger charge is 2.15. The number of nitrogens with one attached hydrogen (secondary N) is 1. The molecule has 0 saturated carbocycles. The standard InChI is InChI=1S/C12H17FN2O2.C8H6F2O2.C4H11N2.CH4/c1-15(2)8-7-14-11-9(12(16)17-3)5-4-6-10(11)13;1-12-8(11)5-3-2-4-6(9)7(5)10;1-6(2)4-3-5;/h4-6,14H,7-8H2,1-3H3;2-4H,1H3;1,3-5H2,2H3;1H4/q;;+1;. The van der Waals surface area contributed by atoms with Gasteiger partial charge in [0, 0.05) is 13.1 Å². The second-order valence-electron chi connectivity index (χ2n) is 7.35. The zero-order valence-corrected chi connectivity index (χ0v) is 20.7. The number of carbonyl (C=O) groups is 2. The summed E-state index contributed by atoms with van der Waals surface area (Å²) >= 11 is 0. The lowest BCUT2D eigenvalue weighted by molar-refractivity contribution is -0.485. The van der Waals surface area contributed by atoms with E-state index in [1.54, 1.807) is 4.58 Å². The summed E-state index contributed by atoms with van der Waals surface area (Å²) in [7, 11) is 8.12. The van der Waals surface area contributed by atoms with Crippen LogP contribution in [0.25, 0.3) is 0 Å². The number of halogens is 3. The number of ether oxygens (including phenoxy) is 2. The fourth-order valence-electron chi connectivity index (χ4n) is 2.38. The minimum absolute atomic E-state index is 0. The summed E-state index contributed by atoms with van der Waals surface area (Å²) in [5, 5.41) is 2.91. The van der Waals surface area contributed by atoms with Crippen LogP contribution < -0.4 is 11.1 Å². The lowest BCUT2D eigenvalue weighted by atomic mass is 10.1. The number of nitrogens with zero attached hydrogens (tertiary/aromatic N) is 2. The molecule has 0 amide bonds. The third-order valence-corrected chi connectivity index (χ3v) is 4.15. The van der Waals surface area contributed by atoms with Gasteiger partial charge in [-0.2, -0.15) is 0 Å². The molecule has 2 aromatic carbocycles. The molecule has 0 aliphatic heterocycles. The molecular formula is C25H38F3N4O4+. The third kappa shape index (κ3) is 12.9. The molecule has 3 N–H and O–H groups in total. The van der Waals surface area contributed by atoms with Gasteiger partial charge in [0.15, 0.2) is 18.2 Å². The van der Waals surface area contributed by atoms with Crippen molar-refractivity contribution in [3.8, 4) is 0 Å². The van der Waals surface area contributed by atoms with Crippen LogP contribution in [0.15, 0.2) is 36.4 Å². The van der Waals surface area contributed by atoms with E-state index in [1.165, 1.54) is 31.4 Å². The Balaban J connectivity index is 0. The summed E-state index contributed by atoms with van der Waals surface area (Å²) in [6, 6.07) is 7.66. The van der Waals surface area contributed by atoms with Crippen LogP contribution in [-0.2, 0) is 9.47 Å². The second kappa shape index (κ2) is 18.8. The number of anilines is 1. The predicted octanol–water partition coefficient (Wildman–Crippen LogP) is 3.26. The number of nitrogens with two attached hydrogens (primary N) is 1. The number of esters is 2. The number of hydrogen-bond acceptors (Lipinski definition) is 7. The van der Waals surface area contributed by atoms with Crippen LogP contribution in [0.2, 0.25) is 0 Å². The maximum absolute atomic E-state index is 13.6. The minimum Gasteiger partial charge on any atom is -0.465 e. The lowest BCUT2D eigenvalue weighted by Crippen LogP contribution is -2.22. The van der Waals surface area contributed by atoms with E-state index >= 15 is 0 Å². The first kappa shape index (κ1) is 34.7. The number of rotatable bonds is 8. The molecule has 0 bridgehead atoms. The first-order valence-electron chi connectivity index (χ1n) is 10.5. The first-order valence-corrected chi connectivity index (χ1v) is 10.5. The summed E-state index contributed by atoms with van der Waals surface area (Å²) < 4.78 is 49.5. The van der Waals surface area contributed by atoms with E-state index in [-0.39, 0.29) is 18.7 Å². The molecule has 0 spiro atoms. The van der Waals surface area contributed by atoms with Gasteiger partial charge in [0.1, 0.15) is 19.6 Å². The Kier molecular flexibility index (Phi) is 18.2. The third-order valence-electron chi connectivity index (χ3n) is 4.15. The lowest BCUT2D eigenvalue weighted by Gasteiger charge is -2.14. The van der Waals surface area contributed by atoms with Gasteiger partial charge < -0.3 is 25.4 Å². The zero-order chi connectivity index (χ0) is 27.0. The Hall–Kier alpha value is -3.44. The van der Waals surface area contributed by atoms with Crippen molar-refractivity contribution in [3.63, 3.8) is 0 Å². The van der Waals surface area contributed by atoms with Crippen LogP contribution in [0.5, 0.6) is 0 Å². The Bertz CT molecular complexity index is 972. The van der Waals surface area contributed by atoms with Gasteiger partial charge in [-0.1, -0.05) is 19.6 Å². The molecule has 8 nitrogen and oxygen atoms in total. The molecule has 0 unspecified atom stereocenters. The molecule has 0 fully saturated rings. The van der Waals surface area contributed by atoms with Crippen molar-refractivity contribution >= 4 is 24.3 Å². The highest BCUT2D eigenvalue weighted by molar-refractivity contribution is 5.95. The normalized spacial score (nSPS) is 9.50. The Morgan fingerprint density at radius 3 is 1.94 bits per heavy atom. The van der Waals surface area contributed by atoms with E-state index in [2.05, 4.69) is 21.5 Å². The van der Waals surface area contributed by atoms with Gasteiger partial charge in [-0.15, -0.1) is 0 Å². The van der Waals surface area contributed by atoms with E-state index in [9.17, 15) is 22.8 Å². The van der Waals surface area contributed by atoms with Crippen molar-refractivity contribution in [2.75, 3.05) is 66.9 Å². The van der Waals surface area contributed by atoms with Crippen molar-refractivity contribution in [2.24, 2.45) is 5.73 Å². The average Bonchev–Trinajstić information content (AvgIpc) is 2.81. The van der Waals surface area contributed by atoms with Gasteiger partial charge in [0.25, 0.3) is 0 Å². The summed E-state index contributed by atoms with van der Waals surface area (Å²) in [5.41, 5.74) is 5.17. The SMILES string of the molecule is C.C=[N+](C)CCN.COC(=O)c1cccc(F)c1F.COC(=O)c1cccc(F)c1NCCN(C)C. The van der Waals surface area contributed by atoms with Crippen LogP contribution in [0.3, 0.4) is 0 Å². The Morgan fingerprint density at radius 1 is 1.00 bits per heavy atom. The zero-order valence-electron chi connectivity index (χ0n) is 20.7. The van der Waals surface area contributed by atoms with E-state index in [0.717, 1.165) is 32.3 Å².